The van der Waals surface area contributed by atoms with E-state index in [-0.39, 0.29) is 5.78 Å². The van der Waals surface area contributed by atoms with Gasteiger partial charge in [0.2, 0.25) is 0 Å². The molecule has 0 unspecified atom stereocenters. The fraction of sp³-hybridized carbons (Fsp3) is 0.278. The molecule has 2 aromatic rings. The van der Waals surface area contributed by atoms with Gasteiger partial charge in [-0.2, -0.15) is 0 Å². The molecule has 4 rings (SSSR count). The van der Waals surface area contributed by atoms with Gasteiger partial charge in [-0.3, -0.25) is 4.79 Å². The summed E-state index contributed by atoms with van der Waals surface area (Å²) in [5.74, 6) is 0.207. The van der Waals surface area contributed by atoms with Crippen molar-refractivity contribution < 1.29 is 4.79 Å². The first kappa shape index (κ1) is 14.2. The fourth-order valence-electron chi connectivity index (χ4n) is 3.43. The van der Waals surface area contributed by atoms with Crippen LogP contribution in [0.15, 0.2) is 35.2 Å². The summed E-state index contributed by atoms with van der Waals surface area (Å²) in [6.07, 6.45) is 2.53. The van der Waals surface area contributed by atoms with Crippen LogP contribution in [0.5, 0.6) is 0 Å². The van der Waals surface area contributed by atoms with Crippen molar-refractivity contribution in [2.24, 2.45) is 0 Å². The fourth-order valence-corrected chi connectivity index (χ4v) is 4.47. The van der Waals surface area contributed by atoms with E-state index in [0.29, 0.717) is 11.4 Å². The quantitative estimate of drug-likeness (QED) is 0.779. The number of rotatable bonds is 0. The van der Waals surface area contributed by atoms with Gasteiger partial charge in [-0.05, 0) is 66.2 Å². The topological polar surface area (TPSA) is 29.1 Å². The highest BCUT2D eigenvalue weighted by Gasteiger charge is 2.27. The highest BCUT2D eigenvalue weighted by atomic mass is 35.5. The lowest BCUT2D eigenvalue weighted by Crippen LogP contribution is -2.24. The Balaban J connectivity index is 2.01. The van der Waals surface area contributed by atoms with Crippen molar-refractivity contribution in [1.29, 1.82) is 0 Å². The maximum Gasteiger partial charge on any atom is 0.177 e. The van der Waals surface area contributed by atoms with Crippen molar-refractivity contribution in [1.82, 2.24) is 5.32 Å². The van der Waals surface area contributed by atoms with Gasteiger partial charge in [0.1, 0.15) is 0 Å². The number of thiophene rings is 1. The second-order valence-corrected chi connectivity index (χ2v) is 7.15. The van der Waals surface area contributed by atoms with Gasteiger partial charge in [-0.25, -0.2) is 0 Å². The predicted octanol–water partition coefficient (Wildman–Crippen LogP) is 4.33. The van der Waals surface area contributed by atoms with Crippen LogP contribution in [0.1, 0.15) is 39.2 Å². The Labute approximate surface area is 138 Å². The first-order valence-electron chi connectivity index (χ1n) is 7.56. The van der Waals surface area contributed by atoms with Crippen LogP contribution < -0.4 is 5.32 Å². The van der Waals surface area contributed by atoms with E-state index in [4.69, 9.17) is 11.6 Å². The number of Topliss-reactive ketones (excluding diaryl/α,β-unsaturated/α-hetero) is 1. The van der Waals surface area contributed by atoms with Crippen LogP contribution in [-0.4, -0.2) is 18.9 Å². The molecule has 0 radical (unpaired) electrons. The lowest BCUT2D eigenvalue weighted by Gasteiger charge is -2.21. The minimum Gasteiger partial charge on any atom is -0.316 e. The van der Waals surface area contributed by atoms with E-state index in [2.05, 4.69) is 17.4 Å². The Morgan fingerprint density at radius 3 is 2.73 bits per heavy atom. The van der Waals surface area contributed by atoms with Crippen LogP contribution in [0.2, 0.25) is 5.02 Å². The van der Waals surface area contributed by atoms with Gasteiger partial charge in [-0.1, -0.05) is 23.2 Å². The number of hydrogen-bond donors (Lipinski definition) is 1. The van der Waals surface area contributed by atoms with E-state index in [9.17, 15) is 4.79 Å². The average Bonchev–Trinajstić information content (AvgIpc) is 2.96. The van der Waals surface area contributed by atoms with Crippen molar-refractivity contribution in [3.05, 3.63) is 61.8 Å². The van der Waals surface area contributed by atoms with Gasteiger partial charge in [0, 0.05) is 17.0 Å². The minimum absolute atomic E-state index is 0.207. The Morgan fingerprint density at radius 1 is 1.09 bits per heavy atom. The van der Waals surface area contributed by atoms with Gasteiger partial charge >= 0.3 is 0 Å². The zero-order valence-corrected chi connectivity index (χ0v) is 13.7. The Morgan fingerprint density at radius 2 is 1.91 bits per heavy atom. The average molecular weight is 330 g/mol. The Kier molecular flexibility index (Phi) is 3.65. The van der Waals surface area contributed by atoms with Crippen LogP contribution in [0.3, 0.4) is 0 Å². The molecule has 2 nitrogen and oxygen atoms in total. The lowest BCUT2D eigenvalue weighted by atomic mass is 9.88. The summed E-state index contributed by atoms with van der Waals surface area (Å²) < 4.78 is 0. The third-order valence-corrected chi connectivity index (χ3v) is 5.63. The van der Waals surface area contributed by atoms with Crippen molar-refractivity contribution in [2.75, 3.05) is 13.1 Å². The summed E-state index contributed by atoms with van der Waals surface area (Å²) >= 11 is 7.72. The zero-order valence-electron chi connectivity index (χ0n) is 12.1. The molecule has 112 valence electrons. The second kappa shape index (κ2) is 5.65. The van der Waals surface area contributed by atoms with E-state index in [0.717, 1.165) is 41.9 Å². The van der Waals surface area contributed by atoms with Crippen LogP contribution in [0.4, 0.5) is 0 Å². The maximum atomic E-state index is 12.6. The lowest BCUT2D eigenvalue weighted by molar-refractivity contribution is 0.0997. The molecule has 1 N–H and O–H groups in total. The number of halogens is 1. The predicted molar refractivity (Wildman–Crippen MR) is 91.9 cm³/mol. The van der Waals surface area contributed by atoms with E-state index < -0.39 is 0 Å². The number of piperidine rings is 1. The third kappa shape index (κ3) is 2.34. The highest BCUT2D eigenvalue weighted by molar-refractivity contribution is 7.12. The van der Waals surface area contributed by atoms with Gasteiger partial charge in [0.15, 0.2) is 5.78 Å². The molecule has 4 heteroatoms. The number of fused-ring (bicyclic) bond motifs is 2. The summed E-state index contributed by atoms with van der Waals surface area (Å²) in [5, 5.41) is 6.14. The first-order valence-corrected chi connectivity index (χ1v) is 8.82. The van der Waals surface area contributed by atoms with E-state index in [1.807, 2.05) is 17.5 Å². The molecule has 1 aromatic heterocycles. The first-order chi connectivity index (χ1) is 10.7. The summed E-state index contributed by atoms with van der Waals surface area (Å²) in [4.78, 5) is 13.5. The molecule has 1 aromatic carbocycles. The molecule has 0 saturated carbocycles. The zero-order chi connectivity index (χ0) is 15.1. The minimum atomic E-state index is 0.207. The smallest absolute Gasteiger partial charge is 0.177 e. The summed E-state index contributed by atoms with van der Waals surface area (Å²) in [7, 11) is 0. The van der Waals surface area contributed by atoms with Crippen LogP contribution in [0.25, 0.3) is 5.57 Å². The van der Waals surface area contributed by atoms with Gasteiger partial charge in [0.25, 0.3) is 0 Å². The summed E-state index contributed by atoms with van der Waals surface area (Å²) in [5.41, 5.74) is 6.09. The normalized spacial score (nSPS) is 18.0. The number of carbonyl (C=O) groups excluding carboxylic acids is 1. The van der Waals surface area contributed by atoms with Crippen LogP contribution in [-0.2, 0) is 6.42 Å². The SMILES string of the molecule is O=C1Cc2cc(Cl)ccc2C(=C2CCNCC2)c2ccsc21. The summed E-state index contributed by atoms with van der Waals surface area (Å²) in [6, 6.07) is 8.07. The van der Waals surface area contributed by atoms with Crippen LogP contribution in [0, 0.1) is 0 Å². The number of hydrogen-bond acceptors (Lipinski definition) is 3. The van der Waals surface area contributed by atoms with E-state index >= 15 is 0 Å². The number of nitrogens with one attached hydrogen (secondary N) is 1. The van der Waals surface area contributed by atoms with Crippen molar-refractivity contribution in [2.45, 2.75) is 19.3 Å². The number of carbonyl (C=O) groups is 1. The number of ketones is 1. The molecule has 1 saturated heterocycles. The van der Waals surface area contributed by atoms with Crippen molar-refractivity contribution in [3.63, 3.8) is 0 Å². The van der Waals surface area contributed by atoms with Gasteiger partial charge in [0.05, 0.1) is 4.88 Å². The molecular weight excluding hydrogens is 314 g/mol. The Hall–Kier alpha value is -1.42. The van der Waals surface area contributed by atoms with Gasteiger partial charge in [-0.15, -0.1) is 11.3 Å². The molecule has 0 atom stereocenters. The molecule has 0 bridgehead atoms. The monoisotopic (exact) mass is 329 g/mol. The van der Waals surface area contributed by atoms with Crippen molar-refractivity contribution in [3.8, 4) is 0 Å². The molecular formula is C18H16ClNOS. The van der Waals surface area contributed by atoms with Gasteiger partial charge < -0.3 is 5.32 Å². The molecule has 1 aliphatic heterocycles. The van der Waals surface area contributed by atoms with E-state index in [1.165, 1.54) is 16.7 Å². The second-order valence-electron chi connectivity index (χ2n) is 5.79. The highest BCUT2D eigenvalue weighted by Crippen LogP contribution is 2.40. The molecule has 2 heterocycles. The molecule has 0 spiro atoms. The Bertz CT molecular complexity index is 782. The number of benzene rings is 1. The third-order valence-electron chi connectivity index (χ3n) is 4.44. The maximum absolute atomic E-state index is 12.6. The standard InChI is InChI=1S/C18H16ClNOS/c19-13-1-2-14-12(9-13)10-16(21)18-15(5-8-22-18)17(14)11-3-6-20-7-4-11/h1-2,5,8-9,20H,3-4,6-7,10H2. The molecule has 22 heavy (non-hydrogen) atoms. The van der Waals surface area contributed by atoms with Crippen molar-refractivity contribution >= 4 is 34.3 Å². The largest absolute Gasteiger partial charge is 0.316 e. The molecule has 0 amide bonds. The molecule has 1 fully saturated rings. The molecule has 1 aliphatic carbocycles. The summed E-state index contributed by atoms with van der Waals surface area (Å²) in [6.45, 7) is 2.02. The van der Waals surface area contributed by atoms with E-state index in [1.54, 1.807) is 11.3 Å². The van der Waals surface area contributed by atoms with Crippen LogP contribution >= 0.6 is 22.9 Å². The molecule has 2 aliphatic rings.